The second kappa shape index (κ2) is 8.52. The van der Waals surface area contributed by atoms with Gasteiger partial charge in [-0.25, -0.2) is 0 Å². The number of halogens is 1. The van der Waals surface area contributed by atoms with Crippen LogP contribution in [0.15, 0.2) is 18.5 Å². The predicted octanol–water partition coefficient (Wildman–Crippen LogP) is 3.88. The van der Waals surface area contributed by atoms with Gasteiger partial charge in [0.15, 0.2) is 0 Å². The summed E-state index contributed by atoms with van der Waals surface area (Å²) in [5.41, 5.74) is 1.21. The topological polar surface area (TPSA) is 24.9 Å². The van der Waals surface area contributed by atoms with E-state index in [9.17, 15) is 0 Å². The van der Waals surface area contributed by atoms with E-state index in [-0.39, 0.29) is 0 Å². The van der Waals surface area contributed by atoms with Crippen LogP contribution in [-0.4, -0.2) is 39.6 Å². The highest BCUT2D eigenvalue weighted by atomic mass is 35.5. The molecular formula is C15H23ClN2S2. The normalized spacial score (nSPS) is 24.6. The van der Waals surface area contributed by atoms with Crippen molar-refractivity contribution in [2.45, 2.75) is 43.2 Å². The van der Waals surface area contributed by atoms with E-state index in [4.69, 9.17) is 11.6 Å². The largest absolute Gasteiger partial charge is 0.313 e. The Balaban J connectivity index is 2.08. The van der Waals surface area contributed by atoms with E-state index in [1.165, 1.54) is 23.5 Å². The number of nitrogens with one attached hydrogen (secondary N) is 1. The van der Waals surface area contributed by atoms with Crippen LogP contribution in [0.3, 0.4) is 0 Å². The van der Waals surface area contributed by atoms with Crippen molar-refractivity contribution < 1.29 is 0 Å². The van der Waals surface area contributed by atoms with Crippen molar-refractivity contribution in [2.24, 2.45) is 0 Å². The van der Waals surface area contributed by atoms with Crippen molar-refractivity contribution in [1.29, 1.82) is 0 Å². The summed E-state index contributed by atoms with van der Waals surface area (Å²) in [6.07, 6.45) is 5.74. The molecule has 1 fully saturated rings. The van der Waals surface area contributed by atoms with Crippen molar-refractivity contribution >= 4 is 35.1 Å². The first kappa shape index (κ1) is 16.5. The molecule has 0 aromatic carbocycles. The van der Waals surface area contributed by atoms with Crippen LogP contribution in [0.1, 0.15) is 25.8 Å². The van der Waals surface area contributed by atoms with Crippen molar-refractivity contribution in [2.75, 3.05) is 18.1 Å². The number of aromatic nitrogens is 1. The molecule has 0 aliphatic carbocycles. The average molecular weight is 331 g/mol. The first-order valence-corrected chi connectivity index (χ1v) is 9.75. The Bertz CT molecular complexity index is 417. The summed E-state index contributed by atoms with van der Waals surface area (Å²) in [4.78, 5) is 4.08. The van der Waals surface area contributed by atoms with Gasteiger partial charge in [0.05, 0.1) is 5.02 Å². The number of rotatable bonds is 6. The Hall–Kier alpha value is 0.1000. The lowest BCUT2D eigenvalue weighted by Crippen LogP contribution is -2.46. The van der Waals surface area contributed by atoms with Gasteiger partial charge in [-0.2, -0.15) is 23.5 Å². The quantitative estimate of drug-likeness (QED) is 0.855. The molecule has 3 atom stereocenters. The van der Waals surface area contributed by atoms with Crippen molar-refractivity contribution in [3.8, 4) is 0 Å². The summed E-state index contributed by atoms with van der Waals surface area (Å²) in [6, 6.07) is 2.54. The van der Waals surface area contributed by atoms with Gasteiger partial charge in [0.1, 0.15) is 0 Å². The van der Waals surface area contributed by atoms with Gasteiger partial charge in [0.2, 0.25) is 0 Å². The third kappa shape index (κ3) is 4.55. The van der Waals surface area contributed by atoms with E-state index in [1.54, 1.807) is 6.20 Å². The second-order valence-corrected chi connectivity index (χ2v) is 8.32. The fourth-order valence-electron chi connectivity index (χ4n) is 2.53. The zero-order chi connectivity index (χ0) is 14.4. The lowest BCUT2D eigenvalue weighted by Gasteiger charge is -2.35. The smallest absolute Gasteiger partial charge is 0.0621 e. The molecule has 0 radical (unpaired) electrons. The van der Waals surface area contributed by atoms with E-state index in [0.29, 0.717) is 16.5 Å². The van der Waals surface area contributed by atoms with Crippen LogP contribution < -0.4 is 5.32 Å². The number of hydrogen-bond acceptors (Lipinski definition) is 4. The third-order valence-electron chi connectivity index (χ3n) is 3.59. The molecule has 2 rings (SSSR count). The van der Waals surface area contributed by atoms with Crippen LogP contribution in [0.2, 0.25) is 5.02 Å². The molecule has 2 heterocycles. The first-order valence-electron chi connectivity index (χ1n) is 7.27. The second-order valence-electron chi connectivity index (χ2n) is 5.14. The molecule has 1 aliphatic rings. The standard InChI is InChI=1S/C15H23ClN2S2/c1-3-5-18-14(15-11(2)19-7-8-20-15)9-12-4-6-17-10-13(12)16/h4,6,10-11,14-15,18H,3,5,7-9H2,1-2H3. The summed E-state index contributed by atoms with van der Waals surface area (Å²) >= 11 is 10.5. The summed E-state index contributed by atoms with van der Waals surface area (Å²) in [5, 5.41) is 5.88. The third-order valence-corrected chi connectivity index (χ3v) is 7.18. The molecule has 2 nitrogen and oxygen atoms in total. The van der Waals surface area contributed by atoms with E-state index in [1.807, 2.05) is 12.3 Å². The lowest BCUT2D eigenvalue weighted by molar-refractivity contribution is 0.486. The number of hydrogen-bond donors (Lipinski definition) is 1. The molecule has 1 N–H and O–H groups in total. The molecule has 1 aromatic heterocycles. The van der Waals surface area contributed by atoms with E-state index >= 15 is 0 Å². The van der Waals surface area contributed by atoms with Gasteiger partial charge >= 0.3 is 0 Å². The molecule has 1 aliphatic heterocycles. The molecule has 5 heteroatoms. The number of nitrogens with zero attached hydrogens (tertiary/aromatic N) is 1. The van der Waals surface area contributed by atoms with Crippen LogP contribution in [0.4, 0.5) is 0 Å². The molecule has 3 unspecified atom stereocenters. The van der Waals surface area contributed by atoms with Gasteiger partial charge in [-0.3, -0.25) is 4.98 Å². The predicted molar refractivity (Wildman–Crippen MR) is 93.2 cm³/mol. The van der Waals surface area contributed by atoms with Gasteiger partial charge in [0, 0.05) is 40.4 Å². The molecular weight excluding hydrogens is 308 g/mol. The van der Waals surface area contributed by atoms with Crippen molar-refractivity contribution in [3.05, 3.63) is 29.0 Å². The van der Waals surface area contributed by atoms with Gasteiger partial charge in [-0.05, 0) is 31.0 Å². The van der Waals surface area contributed by atoms with Gasteiger partial charge in [-0.1, -0.05) is 25.4 Å². The van der Waals surface area contributed by atoms with E-state index < -0.39 is 0 Å². The van der Waals surface area contributed by atoms with Gasteiger partial charge in [0.25, 0.3) is 0 Å². The Labute approximate surface area is 135 Å². The summed E-state index contributed by atoms with van der Waals surface area (Å²) < 4.78 is 0. The number of pyridine rings is 1. The number of thioether (sulfide) groups is 2. The average Bonchev–Trinajstić information content (AvgIpc) is 2.46. The van der Waals surface area contributed by atoms with Crippen LogP contribution in [-0.2, 0) is 6.42 Å². The maximum absolute atomic E-state index is 6.28. The van der Waals surface area contributed by atoms with Crippen molar-refractivity contribution in [3.63, 3.8) is 0 Å². The fourth-order valence-corrected chi connectivity index (χ4v) is 5.69. The highest BCUT2D eigenvalue weighted by Gasteiger charge is 2.30. The van der Waals surface area contributed by atoms with E-state index in [2.05, 4.69) is 47.7 Å². The molecule has 0 amide bonds. The highest BCUT2D eigenvalue weighted by molar-refractivity contribution is 8.07. The zero-order valence-electron chi connectivity index (χ0n) is 12.1. The molecule has 112 valence electrons. The highest BCUT2D eigenvalue weighted by Crippen LogP contribution is 2.34. The minimum Gasteiger partial charge on any atom is -0.313 e. The lowest BCUT2D eigenvalue weighted by atomic mass is 10.0. The summed E-state index contributed by atoms with van der Waals surface area (Å²) in [6.45, 7) is 5.65. The maximum atomic E-state index is 6.28. The minimum atomic E-state index is 0.489. The molecule has 20 heavy (non-hydrogen) atoms. The Morgan fingerprint density at radius 1 is 1.45 bits per heavy atom. The Kier molecular flexibility index (Phi) is 7.02. The van der Waals surface area contributed by atoms with Gasteiger partial charge in [-0.15, -0.1) is 0 Å². The monoisotopic (exact) mass is 330 g/mol. The molecule has 0 spiro atoms. The first-order chi connectivity index (χ1) is 9.72. The fraction of sp³-hybridized carbons (Fsp3) is 0.667. The molecule has 0 bridgehead atoms. The summed E-state index contributed by atoms with van der Waals surface area (Å²) in [5.74, 6) is 2.53. The maximum Gasteiger partial charge on any atom is 0.0621 e. The van der Waals surface area contributed by atoms with Crippen LogP contribution in [0, 0.1) is 0 Å². The Morgan fingerprint density at radius 2 is 2.25 bits per heavy atom. The van der Waals surface area contributed by atoms with Crippen LogP contribution >= 0.6 is 35.1 Å². The zero-order valence-corrected chi connectivity index (χ0v) is 14.5. The molecule has 1 aromatic rings. The molecule has 1 saturated heterocycles. The van der Waals surface area contributed by atoms with Crippen molar-refractivity contribution in [1.82, 2.24) is 10.3 Å². The van der Waals surface area contributed by atoms with Crippen LogP contribution in [0.5, 0.6) is 0 Å². The van der Waals surface area contributed by atoms with Gasteiger partial charge < -0.3 is 5.32 Å². The SMILES string of the molecule is CCCNC(Cc1ccncc1Cl)C1SCCSC1C. The molecule has 0 saturated carbocycles. The van der Waals surface area contributed by atoms with Crippen LogP contribution in [0.25, 0.3) is 0 Å². The minimum absolute atomic E-state index is 0.489. The summed E-state index contributed by atoms with van der Waals surface area (Å²) in [7, 11) is 0. The van der Waals surface area contributed by atoms with E-state index in [0.717, 1.165) is 18.0 Å². The Morgan fingerprint density at radius 3 is 2.95 bits per heavy atom.